The van der Waals surface area contributed by atoms with Crippen LogP contribution in [-0.2, 0) is 0 Å². The minimum Gasteiger partial charge on any atom is -0.303 e. The minimum absolute atomic E-state index is 0.805. The molecule has 138 valence electrons. The molecule has 0 aliphatic heterocycles. The predicted molar refractivity (Wildman–Crippen MR) is 116 cm³/mol. The van der Waals surface area contributed by atoms with Crippen molar-refractivity contribution in [2.75, 3.05) is 6.26 Å². The molecule has 1 aromatic carbocycles. The second kappa shape index (κ2) is 8.55. The van der Waals surface area contributed by atoms with Crippen LogP contribution in [0.5, 0.6) is 0 Å². The Morgan fingerprint density at radius 1 is 0.963 bits per heavy atom. The summed E-state index contributed by atoms with van der Waals surface area (Å²) < 4.78 is 3.35. The number of carbonyl (C=O) groups excluding carboxylic acids is 1. The molecular formula is C22H22N2OS2. The molecule has 0 spiro atoms. The molecule has 0 saturated carbocycles. The van der Waals surface area contributed by atoms with Crippen LogP contribution in [0.15, 0.2) is 58.9 Å². The van der Waals surface area contributed by atoms with Crippen LogP contribution < -0.4 is 0 Å². The maximum Gasteiger partial charge on any atom is 0.160 e. The van der Waals surface area contributed by atoms with E-state index >= 15 is 0 Å². The summed E-state index contributed by atoms with van der Waals surface area (Å²) in [6, 6.07) is 16.5. The summed E-state index contributed by atoms with van der Waals surface area (Å²) in [5.41, 5.74) is 6.97. The van der Waals surface area contributed by atoms with Crippen LogP contribution in [0.4, 0.5) is 0 Å². The largest absolute Gasteiger partial charge is 0.303 e. The molecule has 4 aromatic rings. The Balaban J connectivity index is 0.000000197. The van der Waals surface area contributed by atoms with Gasteiger partial charge in [0.1, 0.15) is 5.65 Å². The van der Waals surface area contributed by atoms with E-state index in [9.17, 15) is 4.79 Å². The van der Waals surface area contributed by atoms with Crippen LogP contribution in [-0.4, -0.2) is 21.9 Å². The molecule has 0 aliphatic rings. The zero-order valence-corrected chi connectivity index (χ0v) is 17.5. The topological polar surface area (TPSA) is 34.4 Å². The van der Waals surface area contributed by atoms with Gasteiger partial charge in [-0.05, 0) is 50.8 Å². The molecule has 0 saturated heterocycles. The number of pyridine rings is 1. The van der Waals surface area contributed by atoms with Crippen LogP contribution in [0.1, 0.15) is 26.5 Å². The molecule has 0 atom stereocenters. The van der Waals surface area contributed by atoms with Gasteiger partial charge in [0.15, 0.2) is 6.29 Å². The van der Waals surface area contributed by atoms with Crippen molar-refractivity contribution in [2.45, 2.75) is 25.0 Å². The van der Waals surface area contributed by atoms with E-state index in [4.69, 9.17) is 4.98 Å². The molecule has 27 heavy (non-hydrogen) atoms. The lowest BCUT2D eigenvalue weighted by atomic mass is 10.1. The quantitative estimate of drug-likeness (QED) is 0.306. The van der Waals surface area contributed by atoms with Gasteiger partial charge in [-0.25, -0.2) is 4.98 Å². The van der Waals surface area contributed by atoms with Crippen LogP contribution >= 0.6 is 23.1 Å². The molecule has 4 rings (SSSR count). The van der Waals surface area contributed by atoms with Crippen molar-refractivity contribution in [3.05, 3.63) is 76.4 Å². The van der Waals surface area contributed by atoms with Crippen LogP contribution in [0, 0.1) is 20.8 Å². The summed E-state index contributed by atoms with van der Waals surface area (Å²) in [7, 11) is 0. The molecule has 0 aliphatic carbocycles. The third-order valence-electron chi connectivity index (χ3n) is 4.25. The van der Waals surface area contributed by atoms with E-state index in [-0.39, 0.29) is 0 Å². The first kappa shape index (κ1) is 19.4. The van der Waals surface area contributed by atoms with Crippen LogP contribution in [0.3, 0.4) is 0 Å². The Bertz CT molecular complexity index is 1060. The zero-order valence-electron chi connectivity index (χ0n) is 15.9. The van der Waals surface area contributed by atoms with Crippen molar-refractivity contribution < 1.29 is 4.79 Å². The summed E-state index contributed by atoms with van der Waals surface area (Å²) in [4.78, 5) is 15.7. The number of thioether (sulfide) groups is 1. The molecule has 3 nitrogen and oxygen atoms in total. The second-order valence-corrected chi connectivity index (χ2v) is 8.55. The minimum atomic E-state index is 0.805. The van der Waals surface area contributed by atoms with Gasteiger partial charge in [-0.15, -0.1) is 23.1 Å². The fourth-order valence-corrected chi connectivity index (χ4v) is 4.14. The third-order valence-corrected chi connectivity index (χ3v) is 6.34. The number of hydrogen-bond donors (Lipinski definition) is 0. The number of benzene rings is 1. The number of rotatable bonds is 3. The number of thiophene rings is 1. The summed E-state index contributed by atoms with van der Waals surface area (Å²) in [5, 5.41) is 0. The monoisotopic (exact) mass is 394 g/mol. The summed E-state index contributed by atoms with van der Waals surface area (Å²) in [6.07, 6.45) is 5.01. The smallest absolute Gasteiger partial charge is 0.160 e. The molecule has 0 N–H and O–H groups in total. The van der Waals surface area contributed by atoms with E-state index in [1.807, 2.05) is 18.4 Å². The van der Waals surface area contributed by atoms with Crippen molar-refractivity contribution in [3.8, 4) is 11.3 Å². The van der Waals surface area contributed by atoms with Gasteiger partial charge in [0, 0.05) is 17.5 Å². The second-order valence-electron chi connectivity index (χ2n) is 6.33. The number of hydrogen-bond acceptors (Lipinski definition) is 4. The molecule has 0 bridgehead atoms. The average molecular weight is 395 g/mol. The lowest BCUT2D eigenvalue weighted by Crippen LogP contribution is -1.88. The Morgan fingerprint density at radius 2 is 1.67 bits per heavy atom. The first-order chi connectivity index (χ1) is 13.0. The number of nitrogens with zero attached hydrogens (tertiary/aromatic N) is 2. The average Bonchev–Trinajstić information content (AvgIpc) is 3.28. The van der Waals surface area contributed by atoms with E-state index in [0.29, 0.717) is 0 Å². The standard InChI is InChI=1S/C16H16N2.C6H6OS2/c1-11-4-7-14(8-5-11)16-13(3)18-10-12(2)6-9-15(18)17-16;1-8-6-3-2-5(4-7)9-6/h4-10H,1-3H3;2-4H,1H3. The molecule has 0 fully saturated rings. The molecule has 3 aromatic heterocycles. The molecular weight excluding hydrogens is 372 g/mol. The summed E-state index contributed by atoms with van der Waals surface area (Å²) in [6.45, 7) is 6.32. The zero-order chi connectivity index (χ0) is 19.4. The highest BCUT2D eigenvalue weighted by Gasteiger charge is 2.09. The molecule has 0 unspecified atom stereocenters. The molecule has 0 amide bonds. The number of carbonyl (C=O) groups is 1. The van der Waals surface area contributed by atoms with Gasteiger partial charge in [-0.1, -0.05) is 35.9 Å². The number of imidazole rings is 1. The van der Waals surface area contributed by atoms with Gasteiger partial charge in [-0.3, -0.25) is 4.79 Å². The third kappa shape index (κ3) is 4.49. The number of fused-ring (bicyclic) bond motifs is 1. The fourth-order valence-electron chi connectivity index (χ4n) is 2.76. The van der Waals surface area contributed by atoms with Gasteiger partial charge in [0.05, 0.1) is 14.8 Å². The normalized spacial score (nSPS) is 10.5. The summed E-state index contributed by atoms with van der Waals surface area (Å²) in [5.74, 6) is 0. The van der Waals surface area contributed by atoms with Crippen molar-refractivity contribution in [1.29, 1.82) is 0 Å². The Hall–Kier alpha value is -2.37. The van der Waals surface area contributed by atoms with Crippen LogP contribution in [0.25, 0.3) is 16.9 Å². The Kier molecular flexibility index (Phi) is 6.14. The maximum atomic E-state index is 10.1. The maximum absolute atomic E-state index is 10.1. The summed E-state index contributed by atoms with van der Waals surface area (Å²) >= 11 is 3.19. The van der Waals surface area contributed by atoms with Crippen molar-refractivity contribution >= 4 is 35.0 Å². The predicted octanol–water partition coefficient (Wildman–Crippen LogP) is 6.21. The number of aromatic nitrogens is 2. The molecule has 5 heteroatoms. The Labute approximate surface area is 168 Å². The van der Waals surface area contributed by atoms with Crippen molar-refractivity contribution in [2.24, 2.45) is 0 Å². The van der Waals surface area contributed by atoms with E-state index < -0.39 is 0 Å². The lowest BCUT2D eigenvalue weighted by molar-refractivity contribution is 0.112. The van der Waals surface area contributed by atoms with Gasteiger partial charge in [0.25, 0.3) is 0 Å². The van der Waals surface area contributed by atoms with Crippen molar-refractivity contribution in [3.63, 3.8) is 0 Å². The highest BCUT2D eigenvalue weighted by Crippen LogP contribution is 2.25. The lowest BCUT2D eigenvalue weighted by Gasteiger charge is -2.00. The number of aryl methyl sites for hydroxylation is 3. The number of aldehydes is 1. The van der Waals surface area contributed by atoms with Gasteiger partial charge >= 0.3 is 0 Å². The van der Waals surface area contributed by atoms with Gasteiger partial charge in [-0.2, -0.15) is 0 Å². The first-order valence-electron chi connectivity index (χ1n) is 8.63. The van der Waals surface area contributed by atoms with E-state index in [1.54, 1.807) is 11.8 Å². The molecule has 3 heterocycles. The highest BCUT2D eigenvalue weighted by atomic mass is 32.2. The first-order valence-corrected chi connectivity index (χ1v) is 10.7. The van der Waals surface area contributed by atoms with E-state index in [0.717, 1.165) is 22.5 Å². The fraction of sp³-hybridized carbons (Fsp3) is 0.182. The van der Waals surface area contributed by atoms with Gasteiger partial charge < -0.3 is 4.40 Å². The van der Waals surface area contributed by atoms with E-state index in [1.165, 1.54) is 37.9 Å². The highest BCUT2D eigenvalue weighted by molar-refractivity contribution is 8.00. The van der Waals surface area contributed by atoms with Crippen molar-refractivity contribution in [1.82, 2.24) is 9.38 Å². The SMILES string of the molecule is CSc1ccc(C=O)s1.Cc1ccc(-c2nc3ccc(C)cn3c2C)cc1. The van der Waals surface area contributed by atoms with Gasteiger partial charge in [0.2, 0.25) is 0 Å². The van der Waals surface area contributed by atoms with Crippen LogP contribution in [0.2, 0.25) is 0 Å². The van der Waals surface area contributed by atoms with E-state index in [2.05, 4.69) is 67.8 Å². The molecule has 0 radical (unpaired) electrons. The Morgan fingerprint density at radius 3 is 2.26 bits per heavy atom.